The first-order chi connectivity index (χ1) is 16.0. The molecule has 4 rings (SSSR count). The first-order valence-electron chi connectivity index (χ1n) is 9.97. The number of amides is 1. The molecule has 4 aromatic rings. The van der Waals surface area contributed by atoms with Crippen LogP contribution >= 0.6 is 0 Å². The van der Waals surface area contributed by atoms with Crippen LogP contribution in [-0.4, -0.2) is 55.6 Å². The molecule has 168 valence electrons. The summed E-state index contributed by atoms with van der Waals surface area (Å²) in [6, 6.07) is 8.99. The molecule has 3 aromatic heterocycles. The largest absolute Gasteiger partial charge is 0.494 e. The molecular weight excluding hydrogens is 424 g/mol. The third kappa shape index (κ3) is 4.69. The number of carbonyl (C=O) groups excluding carboxylic acids is 1. The van der Waals surface area contributed by atoms with Gasteiger partial charge in [0.15, 0.2) is 17.3 Å². The molecule has 4 N–H and O–H groups in total. The predicted molar refractivity (Wildman–Crippen MR) is 122 cm³/mol. The molecule has 0 atom stereocenters. The molecule has 12 heteroatoms. The highest BCUT2D eigenvalue weighted by Gasteiger charge is 2.18. The summed E-state index contributed by atoms with van der Waals surface area (Å²) in [5.41, 5.74) is 3.30. The number of hydrogen-bond donors (Lipinski definition) is 4. The number of benzene rings is 1. The number of rotatable bonds is 7. The Bertz CT molecular complexity index is 1270. The van der Waals surface area contributed by atoms with E-state index in [0.717, 1.165) is 11.3 Å². The molecule has 0 fully saturated rings. The summed E-state index contributed by atoms with van der Waals surface area (Å²) in [6.45, 7) is 3.68. The van der Waals surface area contributed by atoms with Crippen LogP contribution in [0.4, 0.5) is 23.0 Å². The second-order valence-electron chi connectivity index (χ2n) is 7.00. The number of aromatic nitrogens is 7. The van der Waals surface area contributed by atoms with E-state index in [2.05, 4.69) is 51.5 Å². The molecule has 1 amide bonds. The van der Waals surface area contributed by atoms with Crippen LogP contribution in [0.5, 0.6) is 5.75 Å². The van der Waals surface area contributed by atoms with Gasteiger partial charge in [-0.3, -0.25) is 4.79 Å². The van der Waals surface area contributed by atoms with Crippen LogP contribution in [0.25, 0.3) is 11.3 Å². The maximum atomic E-state index is 12.4. The van der Waals surface area contributed by atoms with E-state index in [9.17, 15) is 4.79 Å². The van der Waals surface area contributed by atoms with Gasteiger partial charge in [-0.05, 0) is 26.0 Å². The molecular formula is C21H22N10O2. The number of methoxy groups -OCH3 is 1. The molecule has 0 saturated carbocycles. The topological polar surface area (TPSA) is 156 Å². The summed E-state index contributed by atoms with van der Waals surface area (Å²) < 4.78 is 5.64. The average Bonchev–Trinajstić information content (AvgIpc) is 3.33. The minimum Gasteiger partial charge on any atom is -0.494 e. The van der Waals surface area contributed by atoms with Crippen LogP contribution in [0.3, 0.4) is 0 Å². The number of aromatic amines is 1. The fourth-order valence-corrected chi connectivity index (χ4v) is 3.28. The van der Waals surface area contributed by atoms with Crippen LogP contribution in [-0.2, 0) is 0 Å². The Labute approximate surface area is 189 Å². The summed E-state index contributed by atoms with van der Waals surface area (Å²) in [5.74, 6) is 1.73. The van der Waals surface area contributed by atoms with Crippen molar-refractivity contribution in [2.24, 2.45) is 0 Å². The van der Waals surface area contributed by atoms with E-state index in [1.165, 1.54) is 7.05 Å². The van der Waals surface area contributed by atoms with Gasteiger partial charge in [0.2, 0.25) is 0 Å². The summed E-state index contributed by atoms with van der Waals surface area (Å²) in [4.78, 5) is 21.1. The minimum absolute atomic E-state index is 0.118. The van der Waals surface area contributed by atoms with E-state index in [4.69, 9.17) is 4.74 Å². The van der Waals surface area contributed by atoms with Crippen molar-refractivity contribution < 1.29 is 9.53 Å². The van der Waals surface area contributed by atoms with E-state index in [-0.39, 0.29) is 5.69 Å². The van der Waals surface area contributed by atoms with E-state index in [1.807, 2.05) is 25.1 Å². The third-order valence-corrected chi connectivity index (χ3v) is 4.64. The fourth-order valence-electron chi connectivity index (χ4n) is 3.28. The average molecular weight is 446 g/mol. The molecule has 0 bridgehead atoms. The SMILES string of the molecule is CNC(=O)c1nnc(Nc2cc(C)nc(C)n2)cc1Nc1cccc(-c2cn[nH]n2)c1OC. The lowest BCUT2D eigenvalue weighted by Crippen LogP contribution is -2.21. The Morgan fingerprint density at radius 1 is 1.03 bits per heavy atom. The Morgan fingerprint density at radius 3 is 2.58 bits per heavy atom. The van der Waals surface area contributed by atoms with Gasteiger partial charge in [-0.25, -0.2) is 9.97 Å². The maximum Gasteiger partial charge on any atom is 0.273 e. The molecule has 1 aromatic carbocycles. The van der Waals surface area contributed by atoms with Crippen LogP contribution in [0.1, 0.15) is 22.0 Å². The zero-order chi connectivity index (χ0) is 23.4. The van der Waals surface area contributed by atoms with Crippen molar-refractivity contribution in [3.63, 3.8) is 0 Å². The van der Waals surface area contributed by atoms with Crippen molar-refractivity contribution in [2.45, 2.75) is 13.8 Å². The van der Waals surface area contributed by atoms with Crippen molar-refractivity contribution in [1.82, 2.24) is 40.9 Å². The fraction of sp³-hybridized carbons (Fsp3) is 0.190. The number of aryl methyl sites for hydroxylation is 2. The second-order valence-corrected chi connectivity index (χ2v) is 7.00. The highest BCUT2D eigenvalue weighted by molar-refractivity contribution is 5.99. The Hall–Kier alpha value is -4.61. The molecule has 33 heavy (non-hydrogen) atoms. The number of nitrogens with zero attached hydrogens (tertiary/aromatic N) is 6. The van der Waals surface area contributed by atoms with E-state index in [0.29, 0.717) is 40.3 Å². The summed E-state index contributed by atoms with van der Waals surface area (Å²) in [6.07, 6.45) is 1.60. The number of H-pyrrole nitrogens is 1. The monoisotopic (exact) mass is 446 g/mol. The lowest BCUT2D eigenvalue weighted by molar-refractivity contribution is 0.0958. The number of nitrogens with one attached hydrogen (secondary N) is 4. The quantitative estimate of drug-likeness (QED) is 0.333. The number of ether oxygens (including phenoxy) is 1. The van der Waals surface area contributed by atoms with Gasteiger partial charge in [-0.2, -0.15) is 15.4 Å². The lowest BCUT2D eigenvalue weighted by Gasteiger charge is -2.16. The van der Waals surface area contributed by atoms with Gasteiger partial charge in [-0.1, -0.05) is 6.07 Å². The van der Waals surface area contributed by atoms with Crippen LogP contribution in [0, 0.1) is 13.8 Å². The summed E-state index contributed by atoms with van der Waals surface area (Å²) in [7, 11) is 3.08. The van der Waals surface area contributed by atoms with Gasteiger partial charge in [0.1, 0.15) is 17.3 Å². The van der Waals surface area contributed by atoms with E-state index >= 15 is 0 Å². The molecule has 0 aliphatic carbocycles. The zero-order valence-electron chi connectivity index (χ0n) is 18.5. The molecule has 0 aliphatic heterocycles. The van der Waals surface area contributed by atoms with E-state index in [1.54, 1.807) is 32.4 Å². The predicted octanol–water partition coefficient (Wildman–Crippen LogP) is 2.52. The van der Waals surface area contributed by atoms with Gasteiger partial charge < -0.3 is 20.7 Å². The molecule has 3 heterocycles. The first-order valence-corrected chi connectivity index (χ1v) is 9.97. The van der Waals surface area contributed by atoms with Gasteiger partial charge in [0, 0.05) is 30.4 Å². The standard InChI is InChI=1S/C21H22N10O2/c1-11-8-17(25-12(2)24-11)27-18-9-15(19(30-29-18)21(32)22-3)26-14-7-5-6-13(20(14)33-4)16-10-23-31-28-16/h5-10H,1-4H3,(H,22,32)(H,23,28,31)(H2,24,25,26,27,29). The summed E-state index contributed by atoms with van der Waals surface area (Å²) in [5, 5.41) is 27.7. The number of anilines is 4. The molecule has 0 spiro atoms. The van der Waals surface area contributed by atoms with Gasteiger partial charge in [-0.15, -0.1) is 10.2 Å². The van der Waals surface area contributed by atoms with Crippen LogP contribution < -0.4 is 20.7 Å². The molecule has 0 saturated heterocycles. The highest BCUT2D eigenvalue weighted by atomic mass is 16.5. The normalized spacial score (nSPS) is 10.5. The smallest absolute Gasteiger partial charge is 0.273 e. The van der Waals surface area contributed by atoms with Crippen molar-refractivity contribution in [3.8, 4) is 17.0 Å². The molecule has 0 radical (unpaired) electrons. The summed E-state index contributed by atoms with van der Waals surface area (Å²) >= 11 is 0. The Morgan fingerprint density at radius 2 is 1.88 bits per heavy atom. The lowest BCUT2D eigenvalue weighted by atomic mass is 10.1. The number of hydrogen-bond acceptors (Lipinski definition) is 10. The van der Waals surface area contributed by atoms with Crippen LogP contribution in [0.15, 0.2) is 36.5 Å². The number of para-hydroxylation sites is 1. The van der Waals surface area contributed by atoms with Gasteiger partial charge >= 0.3 is 0 Å². The van der Waals surface area contributed by atoms with Gasteiger partial charge in [0.25, 0.3) is 5.91 Å². The second kappa shape index (κ2) is 9.26. The Balaban J connectivity index is 1.74. The van der Waals surface area contributed by atoms with Crippen molar-refractivity contribution in [2.75, 3.05) is 24.8 Å². The maximum absolute atomic E-state index is 12.4. The van der Waals surface area contributed by atoms with E-state index < -0.39 is 5.91 Å². The minimum atomic E-state index is -0.392. The molecule has 0 aliphatic rings. The Kier molecular flexibility index (Phi) is 6.06. The number of carbonyl (C=O) groups is 1. The van der Waals surface area contributed by atoms with Crippen molar-refractivity contribution >= 4 is 28.9 Å². The third-order valence-electron chi connectivity index (χ3n) is 4.64. The van der Waals surface area contributed by atoms with Crippen molar-refractivity contribution in [3.05, 3.63) is 53.7 Å². The zero-order valence-corrected chi connectivity index (χ0v) is 18.5. The molecule has 12 nitrogen and oxygen atoms in total. The van der Waals surface area contributed by atoms with Crippen molar-refractivity contribution in [1.29, 1.82) is 0 Å². The molecule has 0 unspecified atom stereocenters. The first kappa shape index (κ1) is 21.6. The van der Waals surface area contributed by atoms with Crippen LogP contribution in [0.2, 0.25) is 0 Å². The van der Waals surface area contributed by atoms with Gasteiger partial charge in [0.05, 0.1) is 24.7 Å². The highest BCUT2D eigenvalue weighted by Crippen LogP contribution is 2.37.